The van der Waals surface area contributed by atoms with E-state index in [1.165, 1.54) is 0 Å². The summed E-state index contributed by atoms with van der Waals surface area (Å²) in [4.78, 5) is 16.6. The molecule has 1 aromatic carbocycles. The predicted octanol–water partition coefficient (Wildman–Crippen LogP) is 2.70. The van der Waals surface area contributed by atoms with Gasteiger partial charge >= 0.3 is 0 Å². The van der Waals surface area contributed by atoms with Crippen LogP contribution < -0.4 is 0 Å². The number of aliphatic hydroxyl groups is 1. The first-order chi connectivity index (χ1) is 9.58. The van der Waals surface area contributed by atoms with Gasteiger partial charge in [0.25, 0.3) is 0 Å². The normalized spacial score (nSPS) is 11.2. The van der Waals surface area contributed by atoms with Crippen LogP contribution in [0.3, 0.4) is 0 Å². The molecule has 0 saturated heterocycles. The second-order valence-electron chi connectivity index (χ2n) is 4.92. The average Bonchev–Trinajstić information content (AvgIpc) is 2.74. The highest BCUT2D eigenvalue weighted by Crippen LogP contribution is 2.22. The second-order valence-corrected chi connectivity index (χ2v) is 5.91. The number of aromatic nitrogens is 2. The van der Waals surface area contributed by atoms with Crippen LogP contribution in [-0.2, 0) is 13.7 Å². The van der Waals surface area contributed by atoms with Crippen molar-refractivity contribution in [1.82, 2.24) is 9.55 Å². The van der Waals surface area contributed by atoms with Gasteiger partial charge in [-0.15, -0.1) is 0 Å². The van der Waals surface area contributed by atoms with Crippen molar-refractivity contribution in [2.24, 2.45) is 7.05 Å². The summed E-state index contributed by atoms with van der Waals surface area (Å²) >= 11 is 1.76. The zero-order valence-electron chi connectivity index (χ0n) is 12.1. The summed E-state index contributed by atoms with van der Waals surface area (Å²) in [7, 11) is 1.88. The zero-order chi connectivity index (χ0) is 14.7. The van der Waals surface area contributed by atoms with Gasteiger partial charge in [-0.1, -0.05) is 0 Å². The first-order valence-corrected chi connectivity index (χ1v) is 8.06. The van der Waals surface area contributed by atoms with Gasteiger partial charge in [0.2, 0.25) is 0 Å². The number of rotatable bonds is 6. The summed E-state index contributed by atoms with van der Waals surface area (Å²) in [5, 5.41) is 9.26. The molecule has 0 aliphatic heterocycles. The molecule has 0 bridgehead atoms. The third-order valence-electron chi connectivity index (χ3n) is 3.51. The molecule has 0 atom stereocenters. The van der Waals surface area contributed by atoms with Gasteiger partial charge in [-0.2, -0.15) is 11.8 Å². The minimum Gasteiger partial charge on any atom is -0.388 e. The van der Waals surface area contributed by atoms with Crippen molar-refractivity contribution < 1.29 is 9.90 Å². The van der Waals surface area contributed by atoms with E-state index in [4.69, 9.17) is 0 Å². The largest absolute Gasteiger partial charge is 0.388 e. The lowest BCUT2D eigenvalue weighted by Crippen LogP contribution is -2.03. The minimum atomic E-state index is -0.0960. The average molecular weight is 292 g/mol. The van der Waals surface area contributed by atoms with Gasteiger partial charge < -0.3 is 9.67 Å². The monoisotopic (exact) mass is 292 g/mol. The smallest absolute Gasteiger partial charge is 0.163 e. The number of ketones is 1. The number of thioether (sulfide) groups is 1. The Morgan fingerprint density at radius 3 is 2.85 bits per heavy atom. The highest BCUT2D eigenvalue weighted by atomic mass is 32.2. The van der Waals surface area contributed by atoms with Crippen molar-refractivity contribution in [2.75, 3.05) is 12.0 Å². The molecule has 108 valence electrons. The number of hydrogen-bond donors (Lipinski definition) is 1. The predicted molar refractivity (Wildman–Crippen MR) is 83.3 cm³/mol. The van der Waals surface area contributed by atoms with Crippen LogP contribution in [0, 0.1) is 6.92 Å². The van der Waals surface area contributed by atoms with Crippen LogP contribution in [0.2, 0.25) is 0 Å². The molecule has 0 aliphatic carbocycles. The highest BCUT2D eigenvalue weighted by molar-refractivity contribution is 7.98. The Bertz CT molecular complexity index is 634. The van der Waals surface area contributed by atoms with Gasteiger partial charge in [-0.3, -0.25) is 4.79 Å². The molecule has 4 nitrogen and oxygen atoms in total. The van der Waals surface area contributed by atoms with Crippen LogP contribution in [-0.4, -0.2) is 32.4 Å². The molecular weight excluding hydrogens is 272 g/mol. The van der Waals surface area contributed by atoms with E-state index < -0.39 is 0 Å². The number of carbonyl (C=O) groups excluding carboxylic acids is 1. The maximum atomic E-state index is 12.3. The lowest BCUT2D eigenvalue weighted by atomic mass is 10.0. The van der Waals surface area contributed by atoms with E-state index in [1.54, 1.807) is 11.8 Å². The number of hydrogen-bond acceptors (Lipinski definition) is 4. The van der Waals surface area contributed by atoms with Gasteiger partial charge in [0.05, 0.1) is 11.0 Å². The number of Topliss-reactive ketones (excluding diaryl/α,β-unsaturated/α-hetero) is 1. The number of nitrogens with zero attached hydrogens (tertiary/aromatic N) is 2. The highest BCUT2D eigenvalue weighted by Gasteiger charge is 2.14. The van der Waals surface area contributed by atoms with Crippen molar-refractivity contribution >= 4 is 28.6 Å². The molecule has 0 amide bonds. The Labute approximate surface area is 123 Å². The molecule has 0 aliphatic rings. The summed E-state index contributed by atoms with van der Waals surface area (Å²) < 4.78 is 1.87. The number of benzene rings is 1. The molecular formula is C15H20N2O2S. The van der Waals surface area contributed by atoms with E-state index in [9.17, 15) is 9.90 Å². The first kappa shape index (κ1) is 15.1. The molecule has 1 N–H and O–H groups in total. The van der Waals surface area contributed by atoms with Crippen LogP contribution >= 0.6 is 11.8 Å². The van der Waals surface area contributed by atoms with Crippen molar-refractivity contribution in [3.63, 3.8) is 0 Å². The SMILES string of the molecule is CSCCCC(=O)c1cc2nc(CO)n(C)c2cc1C. The molecule has 1 aromatic heterocycles. The number of carbonyl (C=O) groups is 1. The van der Waals surface area contributed by atoms with Crippen molar-refractivity contribution in [1.29, 1.82) is 0 Å². The van der Waals surface area contributed by atoms with Crippen LogP contribution in [0.5, 0.6) is 0 Å². The van der Waals surface area contributed by atoms with Crippen LogP contribution in [0.15, 0.2) is 12.1 Å². The molecule has 0 saturated carbocycles. The number of imidazole rings is 1. The Kier molecular flexibility index (Phi) is 4.83. The molecule has 0 radical (unpaired) electrons. The van der Waals surface area contributed by atoms with Crippen molar-refractivity contribution in [2.45, 2.75) is 26.4 Å². The number of aryl methyl sites for hydroxylation is 2. The summed E-state index contributed by atoms with van der Waals surface area (Å²) in [6.07, 6.45) is 3.53. The standard InChI is InChI=1S/C15H20N2O2S/c1-10-7-13-12(16-15(9-18)17(13)2)8-11(10)14(19)5-4-6-20-3/h7-8,18H,4-6,9H2,1-3H3. The molecule has 0 spiro atoms. The van der Waals surface area contributed by atoms with Crippen molar-refractivity contribution in [3.8, 4) is 0 Å². The third kappa shape index (κ3) is 2.88. The number of fused-ring (bicyclic) bond motifs is 1. The van der Waals surface area contributed by atoms with E-state index in [0.29, 0.717) is 12.2 Å². The Morgan fingerprint density at radius 1 is 1.45 bits per heavy atom. The van der Waals surface area contributed by atoms with Gasteiger partial charge in [-0.25, -0.2) is 4.98 Å². The molecule has 0 unspecified atom stereocenters. The van der Waals surface area contributed by atoms with E-state index in [2.05, 4.69) is 4.98 Å². The summed E-state index contributed by atoms with van der Waals surface area (Å²) in [6.45, 7) is 1.86. The van der Waals surface area contributed by atoms with Gasteiger partial charge in [0.1, 0.15) is 12.4 Å². The van der Waals surface area contributed by atoms with Gasteiger partial charge in [0, 0.05) is 19.0 Å². The molecule has 0 fully saturated rings. The van der Waals surface area contributed by atoms with Crippen LogP contribution in [0.1, 0.15) is 34.6 Å². The maximum absolute atomic E-state index is 12.3. The van der Waals surface area contributed by atoms with E-state index >= 15 is 0 Å². The fourth-order valence-corrected chi connectivity index (χ4v) is 2.78. The summed E-state index contributed by atoms with van der Waals surface area (Å²) in [6, 6.07) is 3.83. The fourth-order valence-electron chi connectivity index (χ4n) is 2.35. The molecule has 1 heterocycles. The Morgan fingerprint density at radius 2 is 2.20 bits per heavy atom. The molecule has 5 heteroatoms. The van der Waals surface area contributed by atoms with Gasteiger partial charge in [-0.05, 0) is 43.0 Å². The fraction of sp³-hybridized carbons (Fsp3) is 0.467. The lowest BCUT2D eigenvalue weighted by Gasteiger charge is -2.06. The number of aliphatic hydroxyl groups excluding tert-OH is 1. The van der Waals surface area contributed by atoms with Crippen molar-refractivity contribution in [3.05, 3.63) is 29.1 Å². The van der Waals surface area contributed by atoms with E-state index in [-0.39, 0.29) is 12.4 Å². The van der Waals surface area contributed by atoms with E-state index in [1.807, 2.05) is 36.9 Å². The lowest BCUT2D eigenvalue weighted by molar-refractivity contribution is 0.0981. The van der Waals surface area contributed by atoms with E-state index in [0.717, 1.165) is 34.3 Å². The maximum Gasteiger partial charge on any atom is 0.163 e. The Balaban J connectivity index is 2.35. The van der Waals surface area contributed by atoms with Crippen LogP contribution in [0.25, 0.3) is 11.0 Å². The molecule has 2 aromatic rings. The molecule has 20 heavy (non-hydrogen) atoms. The third-order valence-corrected chi connectivity index (χ3v) is 4.21. The molecule has 2 rings (SSSR count). The summed E-state index contributed by atoms with van der Waals surface area (Å²) in [5.41, 5.74) is 3.45. The first-order valence-electron chi connectivity index (χ1n) is 6.67. The Hall–Kier alpha value is -1.33. The zero-order valence-corrected chi connectivity index (χ0v) is 13.0. The quantitative estimate of drug-likeness (QED) is 0.657. The minimum absolute atomic E-state index is 0.0960. The summed E-state index contributed by atoms with van der Waals surface area (Å²) in [5.74, 6) is 1.80. The van der Waals surface area contributed by atoms with Crippen LogP contribution in [0.4, 0.5) is 0 Å². The second kappa shape index (κ2) is 6.41. The van der Waals surface area contributed by atoms with Gasteiger partial charge in [0.15, 0.2) is 5.78 Å². The topological polar surface area (TPSA) is 55.1 Å².